The number of phosphoric acid groups is 1. The van der Waals surface area contributed by atoms with Crippen LogP contribution < -0.4 is 5.73 Å². The Kier molecular flexibility index (Phi) is 49.7. The molecule has 0 aliphatic carbocycles. The number of nitrogens with two attached hydrogens (primary N) is 1. The molecule has 0 bridgehead atoms. The fraction of sp³-hybridized carbons (Fsp3) is 0.868. The number of carbonyl (C=O) groups is 1. The lowest BCUT2D eigenvalue weighted by Gasteiger charge is -2.20. The molecule has 9 heteroatoms. The molecule has 0 saturated heterocycles. The number of ether oxygens (including phenoxy) is 2. The lowest BCUT2D eigenvalue weighted by Crippen LogP contribution is -2.28. The van der Waals surface area contributed by atoms with E-state index in [2.05, 4.69) is 50.3 Å². The topological polar surface area (TPSA) is 117 Å². The van der Waals surface area contributed by atoms with E-state index in [1.54, 1.807) is 0 Å². The largest absolute Gasteiger partial charge is 0.472 e. The predicted molar refractivity (Wildman–Crippen MR) is 266 cm³/mol. The fourth-order valence-electron chi connectivity index (χ4n) is 7.65. The van der Waals surface area contributed by atoms with Crippen LogP contribution in [0.2, 0.25) is 0 Å². The third-order valence-corrected chi connectivity index (χ3v) is 12.5. The van der Waals surface area contributed by atoms with Gasteiger partial charge in [-0.1, -0.05) is 237 Å². The van der Waals surface area contributed by atoms with Gasteiger partial charge >= 0.3 is 13.8 Å². The molecule has 366 valence electrons. The van der Waals surface area contributed by atoms with Gasteiger partial charge in [0.2, 0.25) is 0 Å². The molecule has 0 aliphatic heterocycles. The first-order valence-corrected chi connectivity index (χ1v) is 28.0. The van der Waals surface area contributed by atoms with Gasteiger partial charge in [-0.25, -0.2) is 4.57 Å². The molecule has 3 N–H and O–H groups in total. The van der Waals surface area contributed by atoms with E-state index in [1.807, 2.05) is 0 Å². The van der Waals surface area contributed by atoms with E-state index < -0.39 is 13.9 Å². The number of unbranched alkanes of at least 4 members (excludes halogenated alkanes) is 32. The molecule has 0 heterocycles. The average molecular weight is 896 g/mol. The molecule has 2 unspecified atom stereocenters. The van der Waals surface area contributed by atoms with E-state index in [0.29, 0.717) is 13.0 Å². The summed E-state index contributed by atoms with van der Waals surface area (Å²) in [5.74, 6) is -0.338. The summed E-state index contributed by atoms with van der Waals surface area (Å²) in [7, 11) is -4.29. The van der Waals surface area contributed by atoms with Crippen molar-refractivity contribution < 1.29 is 32.8 Å². The Hall–Kier alpha value is -1.28. The second-order valence-electron chi connectivity index (χ2n) is 17.7. The lowest BCUT2D eigenvalue weighted by atomic mass is 10.0. The summed E-state index contributed by atoms with van der Waals surface area (Å²) < 4.78 is 33.6. The van der Waals surface area contributed by atoms with Crippen molar-refractivity contribution in [3.8, 4) is 0 Å². The number of phosphoric ester groups is 1. The minimum Gasteiger partial charge on any atom is -0.457 e. The van der Waals surface area contributed by atoms with Crippen LogP contribution in [0.1, 0.15) is 258 Å². The number of carbonyl (C=O) groups excluding carboxylic acids is 1. The van der Waals surface area contributed by atoms with E-state index in [1.165, 1.54) is 180 Å². The molecule has 0 aromatic carbocycles. The van der Waals surface area contributed by atoms with Gasteiger partial charge < -0.3 is 20.1 Å². The Morgan fingerprint density at radius 2 is 0.855 bits per heavy atom. The van der Waals surface area contributed by atoms with Crippen molar-refractivity contribution in [2.75, 3.05) is 33.0 Å². The van der Waals surface area contributed by atoms with Crippen molar-refractivity contribution in [1.82, 2.24) is 0 Å². The molecule has 0 saturated carbocycles. The normalized spacial score (nSPS) is 13.5. The van der Waals surface area contributed by atoms with Crippen molar-refractivity contribution in [2.24, 2.45) is 5.73 Å². The third kappa shape index (κ3) is 49.7. The molecule has 0 amide bonds. The van der Waals surface area contributed by atoms with Gasteiger partial charge in [0.05, 0.1) is 19.8 Å². The second-order valence-corrected chi connectivity index (χ2v) is 19.2. The highest BCUT2D eigenvalue weighted by atomic mass is 31.2. The number of esters is 1. The summed E-state index contributed by atoms with van der Waals surface area (Å²) in [6.07, 6.45) is 60.4. The number of hydrogen-bond acceptors (Lipinski definition) is 7. The summed E-state index contributed by atoms with van der Waals surface area (Å²) in [5.41, 5.74) is 5.39. The molecular formula is C53H102NO7P. The Morgan fingerprint density at radius 1 is 0.484 bits per heavy atom. The molecule has 0 rings (SSSR count). The maximum atomic E-state index is 12.7. The number of rotatable bonds is 51. The Labute approximate surface area is 384 Å². The van der Waals surface area contributed by atoms with Gasteiger partial charge in [0.1, 0.15) is 6.10 Å². The summed E-state index contributed by atoms with van der Waals surface area (Å²) >= 11 is 0. The number of hydrogen-bond donors (Lipinski definition) is 2. The highest BCUT2D eigenvalue weighted by molar-refractivity contribution is 7.47. The van der Waals surface area contributed by atoms with Crippen LogP contribution in [0.4, 0.5) is 0 Å². The highest BCUT2D eigenvalue weighted by Crippen LogP contribution is 2.43. The molecule has 0 fully saturated rings. The molecular weight excluding hydrogens is 794 g/mol. The van der Waals surface area contributed by atoms with Gasteiger partial charge in [0.25, 0.3) is 0 Å². The average Bonchev–Trinajstić information content (AvgIpc) is 3.26. The van der Waals surface area contributed by atoms with Crippen LogP contribution in [-0.4, -0.2) is 49.9 Å². The zero-order chi connectivity index (χ0) is 45.1. The van der Waals surface area contributed by atoms with Crippen molar-refractivity contribution in [1.29, 1.82) is 0 Å². The predicted octanol–water partition coefficient (Wildman–Crippen LogP) is 16.5. The molecule has 0 aliphatic rings. The molecule has 0 aromatic heterocycles. The third-order valence-electron chi connectivity index (χ3n) is 11.6. The van der Waals surface area contributed by atoms with E-state index in [-0.39, 0.29) is 32.3 Å². The molecule has 0 spiro atoms. The minimum absolute atomic E-state index is 0.0970. The van der Waals surface area contributed by atoms with Gasteiger partial charge in [-0.15, -0.1) is 0 Å². The van der Waals surface area contributed by atoms with Crippen LogP contribution in [0, 0.1) is 0 Å². The summed E-state index contributed by atoms with van der Waals surface area (Å²) in [5, 5.41) is 0. The Morgan fingerprint density at radius 3 is 1.27 bits per heavy atom. The molecule has 0 radical (unpaired) electrons. The van der Waals surface area contributed by atoms with E-state index in [9.17, 15) is 14.3 Å². The Balaban J connectivity index is 3.93. The zero-order valence-electron chi connectivity index (χ0n) is 40.9. The van der Waals surface area contributed by atoms with Crippen molar-refractivity contribution in [2.45, 2.75) is 264 Å². The van der Waals surface area contributed by atoms with Gasteiger partial charge in [-0.3, -0.25) is 13.8 Å². The van der Waals surface area contributed by atoms with Gasteiger partial charge in [0.15, 0.2) is 0 Å². The standard InChI is InChI=1S/C53H102NO7P/c1-3-5-7-9-11-13-15-17-19-21-23-25-27-29-31-33-35-37-39-41-43-45-48-58-50-52(51-60-62(56,57)59-49-47-54)61-53(55)46-44-42-40-38-36-34-32-30-28-26-24-22-20-18-16-14-12-10-8-6-4-2/h16,18,22,24,28,30,52H,3-15,17,19-21,23,25-27,29,31-51,54H2,1-2H3,(H,56,57)/b18-16-,24-22-,30-28-. The van der Waals surface area contributed by atoms with Gasteiger partial charge in [-0.05, 0) is 51.4 Å². The monoisotopic (exact) mass is 896 g/mol. The zero-order valence-corrected chi connectivity index (χ0v) is 41.8. The van der Waals surface area contributed by atoms with Crippen LogP contribution >= 0.6 is 7.82 Å². The molecule has 8 nitrogen and oxygen atoms in total. The van der Waals surface area contributed by atoms with Gasteiger partial charge in [-0.2, -0.15) is 0 Å². The fourth-order valence-corrected chi connectivity index (χ4v) is 8.42. The Bertz CT molecular complexity index is 1050. The van der Waals surface area contributed by atoms with Gasteiger partial charge in [0, 0.05) is 19.6 Å². The van der Waals surface area contributed by atoms with E-state index in [4.69, 9.17) is 24.3 Å². The second kappa shape index (κ2) is 50.7. The molecule has 2 atom stereocenters. The van der Waals surface area contributed by atoms with Crippen molar-refractivity contribution in [3.05, 3.63) is 36.5 Å². The SMILES string of the molecule is CCCCCCC/C=C\C/C=C\C/C=C\CCCCCCCCC(=O)OC(COCCCCCCCCCCCCCCCCCCCCCCCC)COP(=O)(O)OCCN. The molecule has 0 aromatic rings. The van der Waals surface area contributed by atoms with Crippen molar-refractivity contribution >= 4 is 13.8 Å². The first-order valence-electron chi connectivity index (χ1n) is 26.5. The van der Waals surface area contributed by atoms with Crippen LogP contribution in [0.5, 0.6) is 0 Å². The quantitative estimate of drug-likeness (QED) is 0.0268. The first kappa shape index (κ1) is 60.7. The van der Waals surface area contributed by atoms with E-state index >= 15 is 0 Å². The smallest absolute Gasteiger partial charge is 0.457 e. The first-order chi connectivity index (χ1) is 30.4. The summed E-state index contributed by atoms with van der Waals surface area (Å²) in [6, 6.07) is 0. The van der Waals surface area contributed by atoms with Crippen LogP contribution in [0.15, 0.2) is 36.5 Å². The lowest BCUT2D eigenvalue weighted by molar-refractivity contribution is -0.154. The van der Waals surface area contributed by atoms with Crippen molar-refractivity contribution in [3.63, 3.8) is 0 Å². The summed E-state index contributed by atoms with van der Waals surface area (Å²) in [4.78, 5) is 22.6. The van der Waals surface area contributed by atoms with E-state index in [0.717, 1.165) is 57.8 Å². The van der Waals surface area contributed by atoms with Crippen LogP contribution in [0.25, 0.3) is 0 Å². The number of allylic oxidation sites excluding steroid dienone is 6. The molecule has 62 heavy (non-hydrogen) atoms. The summed E-state index contributed by atoms with van der Waals surface area (Å²) in [6.45, 7) is 4.94. The highest BCUT2D eigenvalue weighted by Gasteiger charge is 2.25. The van der Waals surface area contributed by atoms with Crippen LogP contribution in [0.3, 0.4) is 0 Å². The van der Waals surface area contributed by atoms with Crippen LogP contribution in [-0.2, 0) is 27.9 Å². The maximum Gasteiger partial charge on any atom is 0.472 e. The maximum absolute atomic E-state index is 12.7. The minimum atomic E-state index is -4.29.